The summed E-state index contributed by atoms with van der Waals surface area (Å²) in [6, 6.07) is 11.2. The lowest BCUT2D eigenvalue weighted by atomic mass is 10.0. The first-order valence-electron chi connectivity index (χ1n) is 9.18. The third-order valence-electron chi connectivity index (χ3n) is 5.14. The van der Waals surface area contributed by atoms with Crippen LogP contribution in [0, 0.1) is 25.5 Å². The molecule has 2 heterocycles. The van der Waals surface area contributed by atoms with Crippen molar-refractivity contribution in [3.63, 3.8) is 0 Å². The number of nitrogens with zero attached hydrogens (tertiary/aromatic N) is 2. The molecule has 2 aromatic heterocycles. The van der Waals surface area contributed by atoms with E-state index in [1.54, 1.807) is 10.8 Å². The van der Waals surface area contributed by atoms with Crippen LogP contribution < -0.4 is 5.14 Å². The maximum atomic E-state index is 14.7. The van der Waals surface area contributed by atoms with Crippen LogP contribution in [-0.4, -0.2) is 18.0 Å². The Hall–Kier alpha value is -3.10. The zero-order valence-corrected chi connectivity index (χ0v) is 17.2. The van der Waals surface area contributed by atoms with Crippen molar-refractivity contribution < 1.29 is 17.2 Å². The maximum absolute atomic E-state index is 14.7. The average molecular weight is 427 g/mol. The molecule has 0 aliphatic heterocycles. The highest BCUT2D eigenvalue weighted by Gasteiger charge is 2.20. The highest BCUT2D eigenvalue weighted by atomic mass is 32.2. The summed E-state index contributed by atoms with van der Waals surface area (Å²) < 4.78 is 54.0. The number of aromatic nitrogens is 2. The molecule has 0 amide bonds. The standard InChI is InChI=1S/C22H19F2N3O2S/c1-13-11-27(12-18-19(23)8-16(9-20(18)24)30(25,28)29)22-17(13)10-26-14(2)21(22)15-6-4-3-5-7-15/h3-11H,12H2,1-2H3,(H2,25,28,29). The summed E-state index contributed by atoms with van der Waals surface area (Å²) in [6.45, 7) is 3.67. The van der Waals surface area contributed by atoms with Gasteiger partial charge in [-0.3, -0.25) is 4.98 Å². The Labute approximate surface area is 172 Å². The summed E-state index contributed by atoms with van der Waals surface area (Å²) in [7, 11) is -4.21. The van der Waals surface area contributed by atoms with E-state index in [2.05, 4.69) is 4.98 Å². The topological polar surface area (TPSA) is 78.0 Å². The number of nitrogens with two attached hydrogens (primary N) is 1. The minimum Gasteiger partial charge on any atom is -0.342 e. The molecule has 0 saturated heterocycles. The highest BCUT2D eigenvalue weighted by molar-refractivity contribution is 7.89. The Kier molecular flexibility index (Phi) is 4.91. The van der Waals surface area contributed by atoms with Crippen molar-refractivity contribution in [3.05, 3.63) is 83.3 Å². The zero-order chi connectivity index (χ0) is 21.6. The number of hydrogen-bond acceptors (Lipinski definition) is 3. The van der Waals surface area contributed by atoms with E-state index in [1.807, 2.05) is 50.4 Å². The third kappa shape index (κ3) is 3.48. The van der Waals surface area contributed by atoms with Crippen molar-refractivity contribution >= 4 is 20.9 Å². The first kappa shape index (κ1) is 20.2. The first-order valence-corrected chi connectivity index (χ1v) is 10.7. The van der Waals surface area contributed by atoms with Gasteiger partial charge in [0.2, 0.25) is 10.0 Å². The van der Waals surface area contributed by atoms with E-state index in [9.17, 15) is 17.2 Å². The van der Waals surface area contributed by atoms with Crippen molar-refractivity contribution in [2.75, 3.05) is 0 Å². The first-order chi connectivity index (χ1) is 14.2. The molecule has 154 valence electrons. The molecule has 0 radical (unpaired) electrons. The fourth-order valence-corrected chi connectivity index (χ4v) is 4.22. The molecule has 4 aromatic rings. The Balaban J connectivity index is 1.93. The van der Waals surface area contributed by atoms with Crippen molar-refractivity contribution in [3.8, 4) is 11.1 Å². The van der Waals surface area contributed by atoms with E-state index < -0.39 is 26.6 Å². The van der Waals surface area contributed by atoms with E-state index >= 15 is 0 Å². The van der Waals surface area contributed by atoms with Crippen LogP contribution in [0.25, 0.3) is 22.0 Å². The molecule has 4 rings (SSSR count). The largest absolute Gasteiger partial charge is 0.342 e. The van der Waals surface area contributed by atoms with Gasteiger partial charge in [-0.1, -0.05) is 30.3 Å². The van der Waals surface area contributed by atoms with Crippen LogP contribution in [0.4, 0.5) is 8.78 Å². The molecule has 0 spiro atoms. The molecule has 2 aromatic carbocycles. The molecule has 0 unspecified atom stereocenters. The van der Waals surface area contributed by atoms with Crippen molar-refractivity contribution in [2.24, 2.45) is 5.14 Å². The van der Waals surface area contributed by atoms with Crippen molar-refractivity contribution in [1.82, 2.24) is 9.55 Å². The van der Waals surface area contributed by atoms with E-state index in [1.165, 1.54) is 0 Å². The van der Waals surface area contributed by atoms with Gasteiger partial charge in [0.1, 0.15) is 11.6 Å². The second-order valence-electron chi connectivity index (χ2n) is 7.20. The number of sulfonamides is 1. The minimum atomic E-state index is -4.21. The number of rotatable bonds is 4. The van der Waals surface area contributed by atoms with E-state index in [0.29, 0.717) is 0 Å². The number of benzene rings is 2. The molecular formula is C22H19F2N3O2S. The Morgan fingerprint density at radius 3 is 2.30 bits per heavy atom. The number of fused-ring (bicyclic) bond motifs is 1. The summed E-state index contributed by atoms with van der Waals surface area (Å²) in [5.74, 6) is -1.93. The lowest BCUT2D eigenvalue weighted by Gasteiger charge is -2.14. The van der Waals surface area contributed by atoms with Crippen LogP contribution >= 0.6 is 0 Å². The smallest absolute Gasteiger partial charge is 0.238 e. The van der Waals surface area contributed by atoms with Crippen LogP contribution in [0.15, 0.2) is 59.8 Å². The SMILES string of the molecule is Cc1ncc2c(C)cn(Cc3c(F)cc(S(N)(=O)=O)cc3F)c2c1-c1ccccc1. The summed E-state index contributed by atoms with van der Waals surface area (Å²) in [5.41, 5.74) is 4.09. The molecule has 0 fully saturated rings. The van der Waals surface area contributed by atoms with Crippen LogP contribution in [0.2, 0.25) is 0 Å². The van der Waals surface area contributed by atoms with Crippen LogP contribution in [0.5, 0.6) is 0 Å². The Morgan fingerprint density at radius 2 is 1.70 bits per heavy atom. The van der Waals surface area contributed by atoms with Gasteiger partial charge in [0.15, 0.2) is 0 Å². The van der Waals surface area contributed by atoms with Crippen LogP contribution in [-0.2, 0) is 16.6 Å². The molecule has 30 heavy (non-hydrogen) atoms. The van der Waals surface area contributed by atoms with Crippen LogP contribution in [0.3, 0.4) is 0 Å². The second-order valence-corrected chi connectivity index (χ2v) is 8.76. The number of hydrogen-bond donors (Lipinski definition) is 1. The number of pyridine rings is 1. The predicted octanol–water partition coefficient (Wildman–Crippen LogP) is 4.29. The molecule has 0 aliphatic rings. The minimum absolute atomic E-state index is 0.115. The quantitative estimate of drug-likeness (QED) is 0.528. The molecule has 0 saturated carbocycles. The molecule has 0 atom stereocenters. The average Bonchev–Trinajstić information content (AvgIpc) is 3.00. The fourth-order valence-electron chi connectivity index (χ4n) is 3.69. The number of halogens is 2. The predicted molar refractivity (Wildman–Crippen MR) is 111 cm³/mol. The second kappa shape index (κ2) is 7.30. The molecule has 2 N–H and O–H groups in total. The Bertz CT molecular complexity index is 1360. The third-order valence-corrected chi connectivity index (χ3v) is 6.03. The van der Waals surface area contributed by atoms with Crippen LogP contribution in [0.1, 0.15) is 16.8 Å². The van der Waals surface area contributed by atoms with Crippen molar-refractivity contribution in [1.29, 1.82) is 0 Å². The Morgan fingerprint density at radius 1 is 1.07 bits per heavy atom. The van der Waals surface area contributed by atoms with Gasteiger partial charge in [-0.15, -0.1) is 0 Å². The summed E-state index contributed by atoms with van der Waals surface area (Å²) in [5, 5.41) is 5.88. The lowest BCUT2D eigenvalue weighted by molar-refractivity contribution is 0.537. The van der Waals surface area contributed by atoms with Gasteiger partial charge in [-0.2, -0.15) is 0 Å². The summed E-state index contributed by atoms with van der Waals surface area (Å²) in [6.07, 6.45) is 3.56. The highest BCUT2D eigenvalue weighted by Crippen LogP contribution is 2.34. The van der Waals surface area contributed by atoms with Gasteiger partial charge in [0.05, 0.1) is 17.0 Å². The van der Waals surface area contributed by atoms with E-state index in [4.69, 9.17) is 5.14 Å². The van der Waals surface area contributed by atoms with Gasteiger partial charge >= 0.3 is 0 Å². The van der Waals surface area contributed by atoms with Gasteiger partial charge in [-0.25, -0.2) is 22.3 Å². The number of aryl methyl sites for hydroxylation is 2. The van der Waals surface area contributed by atoms with E-state index in [-0.39, 0.29) is 12.1 Å². The van der Waals surface area contributed by atoms with Gasteiger partial charge in [0.25, 0.3) is 0 Å². The monoisotopic (exact) mass is 427 g/mol. The summed E-state index contributed by atoms with van der Waals surface area (Å²) in [4.78, 5) is 3.90. The van der Waals surface area contributed by atoms with Crippen molar-refractivity contribution in [2.45, 2.75) is 25.3 Å². The lowest BCUT2D eigenvalue weighted by Crippen LogP contribution is -2.14. The summed E-state index contributed by atoms with van der Waals surface area (Å²) >= 11 is 0. The van der Waals surface area contributed by atoms with Gasteiger partial charge < -0.3 is 4.57 Å². The van der Waals surface area contributed by atoms with Gasteiger partial charge in [0, 0.05) is 34.6 Å². The fraction of sp³-hybridized carbons (Fsp3) is 0.136. The maximum Gasteiger partial charge on any atom is 0.238 e. The molecule has 8 heteroatoms. The molecular weight excluding hydrogens is 408 g/mol. The molecule has 0 aliphatic carbocycles. The van der Waals surface area contributed by atoms with Gasteiger partial charge in [-0.05, 0) is 37.1 Å². The number of primary sulfonamides is 1. The molecule has 5 nitrogen and oxygen atoms in total. The normalized spacial score (nSPS) is 11.9. The molecule has 0 bridgehead atoms. The zero-order valence-electron chi connectivity index (χ0n) is 16.4. The van der Waals surface area contributed by atoms with E-state index in [0.717, 1.165) is 45.4 Å².